The lowest BCUT2D eigenvalue weighted by molar-refractivity contribution is 0.182. The minimum atomic E-state index is -0.0994. The number of nitrogens with zero attached hydrogens (tertiary/aromatic N) is 1. The summed E-state index contributed by atoms with van der Waals surface area (Å²) in [6.45, 7) is 6.31. The Hall–Kier alpha value is -0.450. The fourth-order valence-electron chi connectivity index (χ4n) is 3.26. The van der Waals surface area contributed by atoms with Gasteiger partial charge in [-0.3, -0.25) is 4.90 Å². The van der Waals surface area contributed by atoms with Crippen molar-refractivity contribution in [3.63, 3.8) is 0 Å². The normalized spacial score (nSPS) is 24.3. The molecule has 2 unspecified atom stereocenters. The van der Waals surface area contributed by atoms with E-state index in [1.165, 1.54) is 12.8 Å². The maximum atomic E-state index is 14.4. The van der Waals surface area contributed by atoms with E-state index >= 15 is 0 Å². The molecule has 0 radical (unpaired) electrons. The summed E-state index contributed by atoms with van der Waals surface area (Å²) in [4.78, 5) is 2.33. The van der Waals surface area contributed by atoms with Crippen molar-refractivity contribution in [1.29, 1.82) is 0 Å². The molecule has 1 fully saturated rings. The van der Waals surface area contributed by atoms with Gasteiger partial charge in [0.2, 0.25) is 0 Å². The third-order valence-electron chi connectivity index (χ3n) is 4.33. The molecule has 1 aliphatic heterocycles. The third-order valence-corrected chi connectivity index (χ3v) is 4.82. The second-order valence-corrected chi connectivity index (χ2v) is 7.33. The molecular formula is C17H26BrFN2. The van der Waals surface area contributed by atoms with Crippen LogP contribution in [-0.2, 0) is 0 Å². The number of benzene rings is 1. The number of likely N-dealkylation sites (tertiary alicyclic amines) is 1. The molecule has 1 saturated heterocycles. The lowest BCUT2D eigenvalue weighted by Gasteiger charge is -2.33. The lowest BCUT2D eigenvalue weighted by atomic mass is 9.88. The van der Waals surface area contributed by atoms with E-state index in [1.54, 1.807) is 6.07 Å². The van der Waals surface area contributed by atoms with Gasteiger partial charge in [-0.25, -0.2) is 4.39 Å². The summed E-state index contributed by atoms with van der Waals surface area (Å²) in [7, 11) is 2.12. The molecule has 0 bridgehead atoms. The molecule has 118 valence electrons. The topological polar surface area (TPSA) is 15.3 Å². The Balaban J connectivity index is 2.27. The van der Waals surface area contributed by atoms with Gasteiger partial charge < -0.3 is 5.32 Å². The van der Waals surface area contributed by atoms with E-state index in [0.717, 1.165) is 29.5 Å². The molecule has 0 aromatic heterocycles. The van der Waals surface area contributed by atoms with Crippen molar-refractivity contribution in [1.82, 2.24) is 10.2 Å². The maximum Gasteiger partial charge on any atom is 0.129 e. The zero-order valence-corrected chi connectivity index (χ0v) is 14.8. The van der Waals surface area contributed by atoms with E-state index in [1.807, 2.05) is 12.1 Å². The molecule has 1 aliphatic rings. The highest BCUT2D eigenvalue weighted by molar-refractivity contribution is 9.10. The summed E-state index contributed by atoms with van der Waals surface area (Å²) in [6.07, 6.45) is 3.58. The van der Waals surface area contributed by atoms with E-state index in [9.17, 15) is 4.39 Å². The van der Waals surface area contributed by atoms with Crippen molar-refractivity contribution in [3.8, 4) is 0 Å². The summed E-state index contributed by atoms with van der Waals surface area (Å²) in [6, 6.07) is 6.10. The number of rotatable bonds is 4. The SMILES string of the molecule is CC(C)NCC1CCCCN(C)C1c1ccc(Br)cc1F. The smallest absolute Gasteiger partial charge is 0.129 e. The summed E-state index contributed by atoms with van der Waals surface area (Å²) in [5.41, 5.74) is 0.832. The van der Waals surface area contributed by atoms with E-state index in [0.29, 0.717) is 12.0 Å². The molecule has 0 saturated carbocycles. The molecule has 2 rings (SSSR count). The number of halogens is 2. The monoisotopic (exact) mass is 356 g/mol. The van der Waals surface area contributed by atoms with Crippen LogP contribution in [0, 0.1) is 11.7 Å². The van der Waals surface area contributed by atoms with Crippen LogP contribution in [0.3, 0.4) is 0 Å². The van der Waals surface area contributed by atoms with Crippen LogP contribution in [0.25, 0.3) is 0 Å². The predicted molar refractivity (Wildman–Crippen MR) is 90.0 cm³/mol. The highest BCUT2D eigenvalue weighted by Gasteiger charge is 2.30. The standard InChI is InChI=1S/C17H26BrFN2/c1-12(2)20-11-13-6-4-5-9-21(3)17(13)15-8-7-14(18)10-16(15)19/h7-8,10,12-13,17,20H,4-6,9,11H2,1-3H3. The molecule has 21 heavy (non-hydrogen) atoms. The highest BCUT2D eigenvalue weighted by Crippen LogP contribution is 2.35. The van der Waals surface area contributed by atoms with E-state index in [4.69, 9.17) is 0 Å². The Labute approximate surface area is 136 Å². The average Bonchev–Trinajstić information content (AvgIpc) is 2.59. The Bertz CT molecular complexity index is 464. The van der Waals surface area contributed by atoms with Crippen molar-refractivity contribution in [3.05, 3.63) is 34.1 Å². The Morgan fingerprint density at radius 2 is 2.14 bits per heavy atom. The van der Waals surface area contributed by atoms with Gasteiger partial charge in [0.25, 0.3) is 0 Å². The molecule has 1 aromatic carbocycles. The first-order chi connectivity index (χ1) is 9.99. The maximum absolute atomic E-state index is 14.4. The molecule has 1 heterocycles. The minimum Gasteiger partial charge on any atom is -0.314 e. The zero-order valence-electron chi connectivity index (χ0n) is 13.2. The predicted octanol–water partition coefficient (Wildman–Crippen LogP) is 4.36. The molecule has 1 aromatic rings. The average molecular weight is 357 g/mol. The number of hydrogen-bond acceptors (Lipinski definition) is 2. The second-order valence-electron chi connectivity index (χ2n) is 6.41. The summed E-state index contributed by atoms with van der Waals surface area (Å²) in [5, 5.41) is 3.54. The molecule has 0 amide bonds. The van der Waals surface area contributed by atoms with Gasteiger partial charge in [0.15, 0.2) is 0 Å². The molecule has 2 atom stereocenters. The van der Waals surface area contributed by atoms with Crippen LogP contribution in [0.15, 0.2) is 22.7 Å². The lowest BCUT2D eigenvalue weighted by Crippen LogP contribution is -2.37. The van der Waals surface area contributed by atoms with Gasteiger partial charge in [-0.1, -0.05) is 42.3 Å². The Kier molecular flexibility index (Phi) is 6.20. The first-order valence-corrected chi connectivity index (χ1v) is 8.67. The van der Waals surface area contributed by atoms with Crippen molar-refractivity contribution in [2.75, 3.05) is 20.1 Å². The van der Waals surface area contributed by atoms with Crippen LogP contribution >= 0.6 is 15.9 Å². The summed E-state index contributed by atoms with van der Waals surface area (Å²) in [5.74, 6) is 0.355. The first kappa shape index (κ1) is 16.9. The fourth-order valence-corrected chi connectivity index (χ4v) is 3.59. The van der Waals surface area contributed by atoms with E-state index in [-0.39, 0.29) is 11.9 Å². The van der Waals surface area contributed by atoms with Gasteiger partial charge in [-0.2, -0.15) is 0 Å². The quantitative estimate of drug-likeness (QED) is 0.861. The van der Waals surface area contributed by atoms with E-state index < -0.39 is 0 Å². The molecule has 0 aliphatic carbocycles. The first-order valence-electron chi connectivity index (χ1n) is 7.87. The van der Waals surface area contributed by atoms with Crippen LogP contribution in [0.2, 0.25) is 0 Å². The van der Waals surface area contributed by atoms with Crippen molar-refractivity contribution >= 4 is 15.9 Å². The van der Waals surface area contributed by atoms with Gasteiger partial charge in [-0.05, 0) is 44.5 Å². The Morgan fingerprint density at radius 1 is 1.38 bits per heavy atom. The van der Waals surface area contributed by atoms with Gasteiger partial charge in [0, 0.05) is 28.7 Å². The van der Waals surface area contributed by atoms with Crippen molar-refractivity contribution < 1.29 is 4.39 Å². The highest BCUT2D eigenvalue weighted by atomic mass is 79.9. The molecule has 0 spiro atoms. The third kappa shape index (κ3) is 4.51. The minimum absolute atomic E-state index is 0.0994. The number of hydrogen-bond donors (Lipinski definition) is 1. The van der Waals surface area contributed by atoms with Gasteiger partial charge in [0.05, 0.1) is 0 Å². The van der Waals surface area contributed by atoms with E-state index in [2.05, 4.69) is 47.0 Å². The van der Waals surface area contributed by atoms with Crippen LogP contribution in [0.1, 0.15) is 44.7 Å². The molecule has 1 N–H and O–H groups in total. The second kappa shape index (κ2) is 7.70. The molecule has 4 heteroatoms. The van der Waals surface area contributed by atoms with Crippen LogP contribution < -0.4 is 5.32 Å². The fraction of sp³-hybridized carbons (Fsp3) is 0.647. The van der Waals surface area contributed by atoms with Crippen molar-refractivity contribution in [2.45, 2.75) is 45.2 Å². The van der Waals surface area contributed by atoms with Crippen LogP contribution in [0.4, 0.5) is 4.39 Å². The van der Waals surface area contributed by atoms with Crippen LogP contribution in [-0.4, -0.2) is 31.1 Å². The molecule has 2 nitrogen and oxygen atoms in total. The van der Waals surface area contributed by atoms with Crippen LogP contribution in [0.5, 0.6) is 0 Å². The van der Waals surface area contributed by atoms with Gasteiger partial charge in [-0.15, -0.1) is 0 Å². The van der Waals surface area contributed by atoms with Crippen molar-refractivity contribution in [2.24, 2.45) is 5.92 Å². The molecular weight excluding hydrogens is 331 g/mol. The summed E-state index contributed by atoms with van der Waals surface area (Å²) >= 11 is 3.35. The van der Waals surface area contributed by atoms with Gasteiger partial charge >= 0.3 is 0 Å². The Morgan fingerprint density at radius 3 is 2.81 bits per heavy atom. The largest absolute Gasteiger partial charge is 0.314 e. The van der Waals surface area contributed by atoms with Gasteiger partial charge in [0.1, 0.15) is 5.82 Å². The summed E-state index contributed by atoms with van der Waals surface area (Å²) < 4.78 is 15.2. The zero-order chi connectivity index (χ0) is 15.4. The number of nitrogens with one attached hydrogen (secondary N) is 1.